The van der Waals surface area contributed by atoms with Gasteiger partial charge in [-0.1, -0.05) is 41.9 Å². The molecular formula is C38H39ClF2N2O5. The van der Waals surface area contributed by atoms with E-state index < -0.39 is 23.1 Å². The number of ether oxygens (including phenoxy) is 2. The van der Waals surface area contributed by atoms with Crippen molar-refractivity contribution >= 4 is 23.2 Å². The highest BCUT2D eigenvalue weighted by molar-refractivity contribution is 6.31. The van der Waals surface area contributed by atoms with Crippen molar-refractivity contribution in [2.75, 3.05) is 13.7 Å². The van der Waals surface area contributed by atoms with Crippen LogP contribution in [0.4, 0.5) is 8.78 Å². The second-order valence-electron chi connectivity index (χ2n) is 12.9. The second-order valence-corrected chi connectivity index (χ2v) is 13.3. The number of hydrogen-bond donors (Lipinski definition) is 2. The Morgan fingerprint density at radius 2 is 1.69 bits per heavy atom. The number of carbonyl (C=O) groups excluding carboxylic acids is 2. The van der Waals surface area contributed by atoms with Crippen molar-refractivity contribution in [2.24, 2.45) is 0 Å². The number of methoxy groups -OCH3 is 1. The zero-order chi connectivity index (χ0) is 34.6. The molecule has 0 radical (unpaired) electrons. The van der Waals surface area contributed by atoms with Gasteiger partial charge >= 0.3 is 0 Å². The molecule has 0 bridgehead atoms. The molecule has 1 unspecified atom stereocenters. The number of carbonyl (C=O) groups is 2. The van der Waals surface area contributed by atoms with E-state index in [2.05, 4.69) is 5.32 Å². The normalized spacial score (nSPS) is 17.2. The maximum atomic E-state index is 14.0. The number of ketones is 2. The van der Waals surface area contributed by atoms with Gasteiger partial charge < -0.3 is 19.9 Å². The number of rotatable bonds is 14. The van der Waals surface area contributed by atoms with Crippen LogP contribution in [-0.2, 0) is 11.1 Å². The van der Waals surface area contributed by atoms with Crippen molar-refractivity contribution < 1.29 is 33.0 Å². The second kappa shape index (κ2) is 14.5. The molecule has 10 heteroatoms. The number of nitrogens with zero attached hydrogens (tertiary/aromatic N) is 1. The Morgan fingerprint density at radius 1 is 0.958 bits per heavy atom. The van der Waals surface area contributed by atoms with E-state index in [9.17, 15) is 23.5 Å². The molecule has 7 nitrogen and oxygen atoms in total. The van der Waals surface area contributed by atoms with Crippen molar-refractivity contribution in [3.8, 4) is 22.8 Å². The Labute approximate surface area is 284 Å². The van der Waals surface area contributed by atoms with Gasteiger partial charge in [-0.25, -0.2) is 13.8 Å². The summed E-state index contributed by atoms with van der Waals surface area (Å²) < 4.78 is 38.6. The summed E-state index contributed by atoms with van der Waals surface area (Å²) in [6, 6.07) is 21.6. The first-order chi connectivity index (χ1) is 22.8. The van der Waals surface area contributed by atoms with E-state index in [0.717, 1.165) is 0 Å². The molecule has 48 heavy (non-hydrogen) atoms. The van der Waals surface area contributed by atoms with Crippen LogP contribution in [-0.4, -0.2) is 47.6 Å². The molecule has 1 atom stereocenters. The molecule has 0 saturated heterocycles. The fourth-order valence-corrected chi connectivity index (χ4v) is 5.63. The predicted octanol–water partition coefficient (Wildman–Crippen LogP) is 8.01. The molecule has 4 aromatic rings. The summed E-state index contributed by atoms with van der Waals surface area (Å²) in [7, 11) is 1.47. The average molecular weight is 677 g/mol. The molecule has 1 aliphatic rings. The molecule has 0 spiro atoms. The Bertz CT molecular complexity index is 1790. The molecule has 1 aliphatic carbocycles. The van der Waals surface area contributed by atoms with E-state index in [1.165, 1.54) is 19.2 Å². The minimum atomic E-state index is -1.56. The quantitative estimate of drug-likeness (QED) is 0.131. The van der Waals surface area contributed by atoms with Crippen molar-refractivity contribution in [2.45, 2.75) is 69.9 Å². The standard InChI is InChI=1S/C38H39ClF2N2O5/c1-37(2,42-22-33(45)23-8-6-5-7-9-23)26-18-31(24-10-12-30(41)29(39)16-24)43-36(19-26)38(3,46)15-14-32(44)25-11-13-34(35(17-25)47-4)48-28-20-27(40)21-28/h5-13,16-19,27-28,42,46H,14-15,20-22H2,1-4H3. The smallest absolute Gasteiger partial charge is 0.176 e. The maximum Gasteiger partial charge on any atom is 0.176 e. The summed E-state index contributed by atoms with van der Waals surface area (Å²) in [6.07, 6.45) is -0.423. The van der Waals surface area contributed by atoms with Crippen LogP contribution >= 0.6 is 11.6 Å². The third-order valence-corrected chi connectivity index (χ3v) is 9.05. The lowest BCUT2D eigenvalue weighted by atomic mass is 9.87. The van der Waals surface area contributed by atoms with E-state index in [1.54, 1.807) is 61.5 Å². The first-order valence-corrected chi connectivity index (χ1v) is 16.2. The number of alkyl halides is 1. The number of halogens is 3. The lowest BCUT2D eigenvalue weighted by Gasteiger charge is -2.30. The van der Waals surface area contributed by atoms with Crippen LogP contribution in [0.3, 0.4) is 0 Å². The summed E-state index contributed by atoms with van der Waals surface area (Å²) in [5, 5.41) is 15.0. The van der Waals surface area contributed by atoms with Crippen LogP contribution < -0.4 is 14.8 Å². The number of Topliss-reactive ketones (excluding diaryl/α,β-unsaturated/α-hetero) is 2. The summed E-state index contributed by atoms with van der Waals surface area (Å²) in [6.45, 7) is 5.46. The molecule has 0 amide bonds. The van der Waals surface area contributed by atoms with Gasteiger partial charge in [0.2, 0.25) is 0 Å². The lowest BCUT2D eigenvalue weighted by molar-refractivity contribution is 0.0386. The lowest BCUT2D eigenvalue weighted by Crippen LogP contribution is -2.40. The van der Waals surface area contributed by atoms with Crippen molar-refractivity contribution in [3.63, 3.8) is 0 Å². The molecule has 2 N–H and O–H groups in total. The largest absolute Gasteiger partial charge is 0.493 e. The van der Waals surface area contributed by atoms with E-state index in [4.69, 9.17) is 26.1 Å². The zero-order valence-electron chi connectivity index (χ0n) is 27.4. The number of nitrogens with one attached hydrogen (secondary N) is 1. The molecule has 5 rings (SSSR count). The SMILES string of the molecule is COc1cc(C(=O)CCC(C)(O)c2cc(C(C)(C)NCC(=O)c3ccccc3)cc(-c3ccc(F)c(Cl)c3)n2)ccc1OC1CC(F)C1. The highest BCUT2D eigenvalue weighted by atomic mass is 35.5. The number of hydrogen-bond acceptors (Lipinski definition) is 7. The van der Waals surface area contributed by atoms with E-state index in [-0.39, 0.29) is 42.1 Å². The van der Waals surface area contributed by atoms with Gasteiger partial charge in [-0.15, -0.1) is 0 Å². The summed E-state index contributed by atoms with van der Waals surface area (Å²) in [4.78, 5) is 30.9. The molecule has 1 fully saturated rings. The van der Waals surface area contributed by atoms with Crippen LogP contribution in [0, 0.1) is 5.82 Å². The predicted molar refractivity (Wildman–Crippen MR) is 181 cm³/mol. The van der Waals surface area contributed by atoms with Gasteiger partial charge in [-0.3, -0.25) is 9.59 Å². The van der Waals surface area contributed by atoms with E-state index >= 15 is 0 Å². The number of aromatic nitrogens is 1. The van der Waals surface area contributed by atoms with Crippen LogP contribution in [0.2, 0.25) is 5.02 Å². The number of benzene rings is 3. The minimum Gasteiger partial charge on any atom is -0.493 e. The van der Waals surface area contributed by atoms with Crippen LogP contribution in [0.1, 0.15) is 78.4 Å². The summed E-state index contributed by atoms with van der Waals surface area (Å²) in [5.41, 5.74) is 0.610. The highest BCUT2D eigenvalue weighted by Gasteiger charge is 2.32. The topological polar surface area (TPSA) is 97.8 Å². The summed E-state index contributed by atoms with van der Waals surface area (Å²) >= 11 is 6.11. The van der Waals surface area contributed by atoms with Crippen LogP contribution in [0.25, 0.3) is 11.3 Å². The first-order valence-electron chi connectivity index (χ1n) is 15.8. The van der Waals surface area contributed by atoms with E-state index in [1.807, 2.05) is 26.0 Å². The Morgan fingerprint density at radius 3 is 2.35 bits per heavy atom. The monoisotopic (exact) mass is 676 g/mol. The van der Waals surface area contributed by atoms with Crippen molar-refractivity contribution in [3.05, 3.63) is 112 Å². The van der Waals surface area contributed by atoms with Gasteiger partial charge in [0.1, 0.15) is 23.7 Å². The van der Waals surface area contributed by atoms with Crippen molar-refractivity contribution in [1.82, 2.24) is 10.3 Å². The molecule has 3 aromatic carbocycles. The van der Waals surface area contributed by atoms with Gasteiger partial charge in [0.05, 0.1) is 30.1 Å². The third kappa shape index (κ3) is 8.27. The third-order valence-electron chi connectivity index (χ3n) is 8.76. The highest BCUT2D eigenvalue weighted by Crippen LogP contribution is 2.36. The van der Waals surface area contributed by atoms with Gasteiger partial charge in [0.15, 0.2) is 23.1 Å². The van der Waals surface area contributed by atoms with Gasteiger partial charge in [-0.2, -0.15) is 0 Å². The van der Waals surface area contributed by atoms with Gasteiger partial charge in [0.25, 0.3) is 0 Å². The van der Waals surface area contributed by atoms with E-state index in [0.29, 0.717) is 58.0 Å². The molecule has 1 aromatic heterocycles. The minimum absolute atomic E-state index is 0.0145. The van der Waals surface area contributed by atoms with Gasteiger partial charge in [0, 0.05) is 41.5 Å². The average Bonchev–Trinajstić information content (AvgIpc) is 3.07. The Balaban J connectivity index is 1.38. The molecule has 1 saturated carbocycles. The van der Waals surface area contributed by atoms with Crippen molar-refractivity contribution in [1.29, 1.82) is 0 Å². The van der Waals surface area contributed by atoms with Crippen LogP contribution in [0.5, 0.6) is 11.5 Å². The molecule has 0 aliphatic heterocycles. The van der Waals surface area contributed by atoms with Gasteiger partial charge in [-0.05, 0) is 81.3 Å². The Hall–Kier alpha value is -4.18. The zero-order valence-corrected chi connectivity index (χ0v) is 28.1. The fourth-order valence-electron chi connectivity index (χ4n) is 5.45. The van der Waals surface area contributed by atoms with Crippen LogP contribution in [0.15, 0.2) is 78.9 Å². The maximum absolute atomic E-state index is 14.0. The molecule has 1 heterocycles. The molecular weight excluding hydrogens is 638 g/mol. The number of aliphatic hydroxyl groups is 1. The first kappa shape index (κ1) is 35.1. The Kier molecular flexibility index (Phi) is 10.6. The fraction of sp³-hybridized carbons (Fsp3) is 0.342. The number of pyridine rings is 1. The summed E-state index contributed by atoms with van der Waals surface area (Å²) in [5.74, 6) is -0.0739. The molecule has 252 valence electrons.